The van der Waals surface area contributed by atoms with Gasteiger partial charge in [0.05, 0.1) is 11.1 Å². The molecule has 102 valence electrons. The maximum atomic E-state index is 11.7. The van der Waals surface area contributed by atoms with Crippen molar-refractivity contribution in [3.8, 4) is 0 Å². The molecule has 0 atom stereocenters. The first-order valence-corrected chi connectivity index (χ1v) is 5.94. The summed E-state index contributed by atoms with van der Waals surface area (Å²) in [6.07, 6.45) is 0. The first-order chi connectivity index (χ1) is 8.87. The molecule has 19 heavy (non-hydrogen) atoms. The van der Waals surface area contributed by atoms with Gasteiger partial charge in [0.25, 0.3) is 0 Å². The third kappa shape index (κ3) is 3.23. The lowest BCUT2D eigenvalue weighted by Crippen LogP contribution is -2.40. The summed E-state index contributed by atoms with van der Waals surface area (Å²) in [6.45, 7) is 3.17. The van der Waals surface area contributed by atoms with Crippen molar-refractivity contribution in [1.82, 2.24) is 9.88 Å². The first-order valence-electron chi connectivity index (χ1n) is 5.94. The molecule has 1 amide bonds. The third-order valence-corrected chi connectivity index (χ3v) is 2.59. The van der Waals surface area contributed by atoms with Gasteiger partial charge >= 0.3 is 5.76 Å². The fourth-order valence-electron chi connectivity index (χ4n) is 1.68. The zero-order chi connectivity index (χ0) is 14.0. The van der Waals surface area contributed by atoms with E-state index in [9.17, 15) is 14.7 Å². The highest BCUT2D eigenvalue weighted by molar-refractivity contribution is 5.79. The molecule has 1 heterocycles. The van der Waals surface area contributed by atoms with Crippen LogP contribution in [0.15, 0.2) is 33.5 Å². The largest absolute Gasteiger partial charge is 0.420 e. The second kappa shape index (κ2) is 4.89. The van der Waals surface area contributed by atoms with Gasteiger partial charge in [0.15, 0.2) is 5.58 Å². The fourth-order valence-corrected chi connectivity index (χ4v) is 1.68. The number of nitrogens with zero attached hydrogens (tertiary/aromatic N) is 1. The molecule has 0 saturated heterocycles. The zero-order valence-electron chi connectivity index (χ0n) is 10.8. The molecule has 0 unspecified atom stereocenters. The van der Waals surface area contributed by atoms with Gasteiger partial charge < -0.3 is 14.8 Å². The van der Waals surface area contributed by atoms with Crippen LogP contribution in [0.5, 0.6) is 0 Å². The molecule has 1 aromatic carbocycles. The van der Waals surface area contributed by atoms with Crippen molar-refractivity contribution in [1.29, 1.82) is 0 Å². The van der Waals surface area contributed by atoms with E-state index in [0.717, 1.165) is 0 Å². The number of aliphatic hydroxyl groups is 1. The second-order valence-electron chi connectivity index (χ2n) is 5.01. The number of nitrogens with one attached hydrogen (secondary N) is 1. The number of carbonyl (C=O) groups excluding carboxylic acids is 1. The number of hydrogen-bond donors (Lipinski definition) is 2. The smallest absolute Gasteiger partial charge is 0.408 e. The highest BCUT2D eigenvalue weighted by Crippen LogP contribution is 2.11. The van der Waals surface area contributed by atoms with Gasteiger partial charge in [-0.15, -0.1) is 0 Å². The first kappa shape index (κ1) is 13.4. The van der Waals surface area contributed by atoms with Crippen LogP contribution in [0.3, 0.4) is 0 Å². The van der Waals surface area contributed by atoms with Gasteiger partial charge in [0, 0.05) is 6.54 Å². The molecule has 2 rings (SSSR count). The van der Waals surface area contributed by atoms with Crippen molar-refractivity contribution in [2.45, 2.75) is 26.0 Å². The van der Waals surface area contributed by atoms with E-state index >= 15 is 0 Å². The average Bonchev–Trinajstić information content (AvgIpc) is 2.63. The maximum absolute atomic E-state index is 11.7. The Morgan fingerprint density at radius 1 is 1.42 bits per heavy atom. The van der Waals surface area contributed by atoms with Gasteiger partial charge in [-0.05, 0) is 26.0 Å². The fraction of sp³-hybridized carbons (Fsp3) is 0.385. The summed E-state index contributed by atoms with van der Waals surface area (Å²) in [5.41, 5.74) is 0.0349. The summed E-state index contributed by atoms with van der Waals surface area (Å²) in [6, 6.07) is 6.90. The quantitative estimate of drug-likeness (QED) is 0.841. The van der Waals surface area contributed by atoms with E-state index in [4.69, 9.17) is 4.42 Å². The van der Waals surface area contributed by atoms with Crippen molar-refractivity contribution >= 4 is 17.0 Å². The molecule has 0 aliphatic heterocycles. The van der Waals surface area contributed by atoms with E-state index in [-0.39, 0.29) is 19.0 Å². The molecule has 2 N–H and O–H groups in total. The lowest BCUT2D eigenvalue weighted by molar-refractivity contribution is -0.122. The van der Waals surface area contributed by atoms with Crippen LogP contribution in [0.4, 0.5) is 0 Å². The maximum Gasteiger partial charge on any atom is 0.420 e. The number of carbonyl (C=O) groups is 1. The van der Waals surface area contributed by atoms with Gasteiger partial charge in [0.1, 0.15) is 6.54 Å². The standard InChI is InChI=1S/C13H16N2O4/c1-13(2,18)8-14-11(16)7-15-9-5-3-4-6-10(9)19-12(15)17/h3-6,18H,7-8H2,1-2H3,(H,14,16). The molecule has 0 aliphatic rings. The Kier molecular flexibility index (Phi) is 3.44. The van der Waals surface area contributed by atoms with Gasteiger partial charge in [0.2, 0.25) is 5.91 Å². The summed E-state index contributed by atoms with van der Waals surface area (Å²) >= 11 is 0. The average molecular weight is 264 g/mol. The minimum atomic E-state index is -0.987. The number of aromatic nitrogens is 1. The highest BCUT2D eigenvalue weighted by atomic mass is 16.4. The summed E-state index contributed by atoms with van der Waals surface area (Å²) < 4.78 is 6.28. The third-order valence-electron chi connectivity index (χ3n) is 2.59. The Balaban J connectivity index is 2.15. The summed E-state index contributed by atoms with van der Waals surface area (Å²) in [7, 11) is 0. The number of oxazole rings is 1. The molecule has 6 heteroatoms. The number of fused-ring (bicyclic) bond motifs is 1. The van der Waals surface area contributed by atoms with Crippen molar-refractivity contribution in [2.24, 2.45) is 0 Å². The molecule has 0 bridgehead atoms. The predicted octanol–water partition coefficient (Wildman–Crippen LogP) is 0.482. The minimum absolute atomic E-state index is 0.121. The Hall–Kier alpha value is -2.08. The van der Waals surface area contributed by atoms with Gasteiger partial charge in [-0.3, -0.25) is 9.36 Å². The Bertz CT molecular complexity index is 648. The number of hydrogen-bond acceptors (Lipinski definition) is 4. The summed E-state index contributed by atoms with van der Waals surface area (Å²) in [5.74, 6) is -0.921. The molecule has 2 aromatic rings. The number of benzene rings is 1. The van der Waals surface area contributed by atoms with E-state index in [0.29, 0.717) is 11.1 Å². The molecule has 0 radical (unpaired) electrons. The highest BCUT2D eigenvalue weighted by Gasteiger charge is 2.16. The van der Waals surface area contributed by atoms with Crippen molar-refractivity contribution in [3.63, 3.8) is 0 Å². The molecular formula is C13H16N2O4. The predicted molar refractivity (Wildman–Crippen MR) is 69.8 cm³/mol. The van der Waals surface area contributed by atoms with Gasteiger partial charge in [-0.25, -0.2) is 4.79 Å². The van der Waals surface area contributed by atoms with Crippen molar-refractivity contribution in [2.75, 3.05) is 6.54 Å². The lowest BCUT2D eigenvalue weighted by atomic mass is 10.1. The Labute approximate surface area is 109 Å². The van der Waals surface area contributed by atoms with E-state index in [1.165, 1.54) is 4.57 Å². The molecule has 1 aromatic heterocycles. The summed E-state index contributed by atoms with van der Waals surface area (Å²) in [4.78, 5) is 23.4. The molecule has 0 saturated carbocycles. The lowest BCUT2D eigenvalue weighted by Gasteiger charge is -2.17. The van der Waals surface area contributed by atoms with E-state index in [2.05, 4.69) is 5.32 Å². The van der Waals surface area contributed by atoms with Crippen LogP contribution in [0.25, 0.3) is 11.1 Å². The van der Waals surface area contributed by atoms with Crippen LogP contribution in [0.1, 0.15) is 13.8 Å². The Morgan fingerprint density at radius 2 is 2.11 bits per heavy atom. The number of amides is 1. The normalized spacial score (nSPS) is 11.7. The SMILES string of the molecule is CC(C)(O)CNC(=O)Cn1c(=O)oc2ccccc21. The van der Waals surface area contributed by atoms with Crippen LogP contribution in [-0.4, -0.2) is 27.7 Å². The van der Waals surface area contributed by atoms with E-state index < -0.39 is 11.4 Å². The van der Waals surface area contributed by atoms with Crippen LogP contribution < -0.4 is 11.1 Å². The summed E-state index contributed by atoms with van der Waals surface area (Å²) in [5, 5.41) is 12.1. The van der Waals surface area contributed by atoms with E-state index in [1.807, 2.05) is 0 Å². The number of para-hydroxylation sites is 2. The van der Waals surface area contributed by atoms with E-state index in [1.54, 1.807) is 38.1 Å². The minimum Gasteiger partial charge on any atom is -0.408 e. The second-order valence-corrected chi connectivity index (χ2v) is 5.01. The monoisotopic (exact) mass is 264 g/mol. The molecular weight excluding hydrogens is 248 g/mol. The van der Waals surface area contributed by atoms with Crippen LogP contribution in [0, 0.1) is 0 Å². The van der Waals surface area contributed by atoms with Gasteiger partial charge in [-0.1, -0.05) is 12.1 Å². The zero-order valence-corrected chi connectivity index (χ0v) is 10.8. The van der Waals surface area contributed by atoms with Crippen LogP contribution in [-0.2, 0) is 11.3 Å². The number of rotatable bonds is 4. The molecule has 0 fully saturated rings. The molecule has 6 nitrogen and oxygen atoms in total. The van der Waals surface area contributed by atoms with Crippen molar-refractivity contribution < 1.29 is 14.3 Å². The molecule has 0 spiro atoms. The Morgan fingerprint density at radius 3 is 2.79 bits per heavy atom. The van der Waals surface area contributed by atoms with Crippen molar-refractivity contribution in [3.05, 3.63) is 34.8 Å². The molecule has 0 aliphatic carbocycles. The van der Waals surface area contributed by atoms with Gasteiger partial charge in [-0.2, -0.15) is 0 Å². The van der Waals surface area contributed by atoms with Crippen LogP contribution in [0.2, 0.25) is 0 Å². The van der Waals surface area contributed by atoms with Crippen LogP contribution >= 0.6 is 0 Å². The topological polar surface area (TPSA) is 84.5 Å².